The van der Waals surface area contributed by atoms with Crippen molar-refractivity contribution in [3.8, 4) is 0 Å². The molecule has 0 aliphatic heterocycles. The topological polar surface area (TPSA) is 66.5 Å². The van der Waals surface area contributed by atoms with Crippen molar-refractivity contribution in [2.24, 2.45) is 0 Å². The van der Waals surface area contributed by atoms with E-state index in [1.54, 1.807) is 6.33 Å². The van der Waals surface area contributed by atoms with Crippen LogP contribution in [-0.2, 0) is 0 Å². The summed E-state index contributed by atoms with van der Waals surface area (Å²) in [7, 11) is 0. The first kappa shape index (κ1) is 7.73. The van der Waals surface area contributed by atoms with Crippen LogP contribution >= 0.6 is 0 Å². The van der Waals surface area contributed by atoms with Gasteiger partial charge in [-0.05, 0) is 19.8 Å². The summed E-state index contributed by atoms with van der Waals surface area (Å²) in [6.07, 6.45) is 5.58. The Kier molecular flexibility index (Phi) is 1.34. The van der Waals surface area contributed by atoms with Crippen molar-refractivity contribution in [3.05, 3.63) is 12.7 Å². The molecule has 2 aromatic rings. The van der Waals surface area contributed by atoms with Gasteiger partial charge in [0.25, 0.3) is 0 Å². The number of hydrogen-bond donors (Lipinski definition) is 2. The van der Waals surface area contributed by atoms with E-state index in [1.807, 2.05) is 0 Å². The van der Waals surface area contributed by atoms with E-state index in [9.17, 15) is 0 Å². The van der Waals surface area contributed by atoms with Gasteiger partial charge in [0.1, 0.15) is 11.8 Å². The molecule has 0 unspecified atom stereocenters. The molecule has 72 valence electrons. The first-order valence-electron chi connectivity index (χ1n) is 4.69. The lowest BCUT2D eigenvalue weighted by Gasteiger charge is -2.11. The predicted octanol–water partition coefficient (Wildman–Crippen LogP) is 1.32. The molecule has 0 aromatic carbocycles. The van der Waals surface area contributed by atoms with E-state index in [0.29, 0.717) is 5.65 Å². The van der Waals surface area contributed by atoms with Gasteiger partial charge in [-0.15, -0.1) is 0 Å². The van der Waals surface area contributed by atoms with Gasteiger partial charge in [-0.25, -0.2) is 15.0 Å². The van der Waals surface area contributed by atoms with Crippen molar-refractivity contribution < 1.29 is 0 Å². The highest BCUT2D eigenvalue weighted by Crippen LogP contribution is 2.38. The standard InChI is InChI=1S/C9H11N5/c1-9(2-3-9)14-8-6-7(11-4-10-6)12-5-13-8/h4-5H,2-3H2,1H3,(H2,10,11,12,13,14). The molecule has 0 saturated heterocycles. The highest BCUT2D eigenvalue weighted by atomic mass is 15.1. The first-order valence-corrected chi connectivity index (χ1v) is 4.69. The Labute approximate surface area is 81.0 Å². The van der Waals surface area contributed by atoms with Crippen LogP contribution in [-0.4, -0.2) is 25.5 Å². The molecule has 5 nitrogen and oxygen atoms in total. The molecule has 0 bridgehead atoms. The van der Waals surface area contributed by atoms with Crippen LogP contribution in [0, 0.1) is 0 Å². The largest absolute Gasteiger partial charge is 0.363 e. The number of H-pyrrole nitrogens is 1. The highest BCUT2D eigenvalue weighted by Gasteiger charge is 2.37. The zero-order valence-electron chi connectivity index (χ0n) is 7.91. The van der Waals surface area contributed by atoms with Crippen molar-refractivity contribution in [2.45, 2.75) is 25.3 Å². The summed E-state index contributed by atoms with van der Waals surface area (Å²) >= 11 is 0. The zero-order chi connectivity index (χ0) is 9.60. The van der Waals surface area contributed by atoms with Crippen LogP contribution in [0.2, 0.25) is 0 Å². The van der Waals surface area contributed by atoms with E-state index in [2.05, 4.69) is 32.2 Å². The molecule has 14 heavy (non-hydrogen) atoms. The van der Waals surface area contributed by atoms with Crippen molar-refractivity contribution in [1.82, 2.24) is 19.9 Å². The highest BCUT2D eigenvalue weighted by molar-refractivity contribution is 5.82. The molecule has 0 radical (unpaired) electrons. The molecule has 2 aromatic heterocycles. The number of aromatic amines is 1. The fraction of sp³-hybridized carbons (Fsp3) is 0.444. The van der Waals surface area contributed by atoms with E-state index in [4.69, 9.17) is 0 Å². The molecule has 0 atom stereocenters. The molecule has 2 heterocycles. The summed E-state index contributed by atoms with van der Waals surface area (Å²) in [5.74, 6) is 0.854. The maximum Gasteiger partial charge on any atom is 0.182 e. The molecule has 1 aliphatic rings. The lowest BCUT2D eigenvalue weighted by atomic mass is 10.3. The van der Waals surface area contributed by atoms with Crippen LogP contribution in [0.3, 0.4) is 0 Å². The van der Waals surface area contributed by atoms with E-state index >= 15 is 0 Å². The number of aromatic nitrogens is 4. The Morgan fingerprint density at radius 1 is 1.36 bits per heavy atom. The fourth-order valence-corrected chi connectivity index (χ4v) is 1.46. The Morgan fingerprint density at radius 3 is 3.00 bits per heavy atom. The monoisotopic (exact) mass is 189 g/mol. The summed E-state index contributed by atoms with van der Waals surface area (Å²) in [6, 6.07) is 0. The third kappa shape index (κ3) is 1.13. The van der Waals surface area contributed by atoms with E-state index < -0.39 is 0 Å². The molecular formula is C9H11N5. The summed E-state index contributed by atoms with van der Waals surface area (Å²) in [6.45, 7) is 2.19. The maximum absolute atomic E-state index is 4.21. The van der Waals surface area contributed by atoms with Crippen LogP contribution < -0.4 is 5.32 Å². The Bertz CT molecular complexity index is 471. The molecule has 2 N–H and O–H groups in total. The molecule has 1 aliphatic carbocycles. The Hall–Kier alpha value is -1.65. The van der Waals surface area contributed by atoms with Crippen molar-refractivity contribution >= 4 is 17.0 Å². The summed E-state index contributed by atoms with van der Waals surface area (Å²) in [5.41, 5.74) is 1.83. The third-order valence-electron chi connectivity index (χ3n) is 2.64. The second-order valence-electron chi connectivity index (χ2n) is 4.01. The van der Waals surface area contributed by atoms with Crippen LogP contribution in [0.5, 0.6) is 0 Å². The summed E-state index contributed by atoms with van der Waals surface area (Å²) < 4.78 is 0. The van der Waals surface area contributed by atoms with Crippen molar-refractivity contribution in [2.75, 3.05) is 5.32 Å². The SMILES string of the molecule is CC1(Nc2ncnc3nc[nH]c23)CC1. The minimum absolute atomic E-state index is 0.229. The minimum atomic E-state index is 0.229. The molecule has 0 spiro atoms. The first-order chi connectivity index (χ1) is 6.77. The summed E-state index contributed by atoms with van der Waals surface area (Å²) in [5, 5.41) is 3.40. The third-order valence-corrected chi connectivity index (χ3v) is 2.64. The van der Waals surface area contributed by atoms with Gasteiger partial charge in [-0.1, -0.05) is 0 Å². The normalized spacial score (nSPS) is 18.4. The molecule has 0 amide bonds. The minimum Gasteiger partial charge on any atom is -0.363 e. The van der Waals surface area contributed by atoms with Gasteiger partial charge >= 0.3 is 0 Å². The van der Waals surface area contributed by atoms with E-state index in [0.717, 1.165) is 11.3 Å². The number of rotatable bonds is 2. The molecule has 5 heteroatoms. The van der Waals surface area contributed by atoms with Gasteiger partial charge in [-0.2, -0.15) is 0 Å². The number of anilines is 1. The molecule has 3 rings (SSSR count). The smallest absolute Gasteiger partial charge is 0.182 e. The Balaban J connectivity index is 2.06. The second-order valence-corrected chi connectivity index (χ2v) is 4.01. The lowest BCUT2D eigenvalue weighted by molar-refractivity contribution is 0.821. The van der Waals surface area contributed by atoms with Crippen LogP contribution in [0.25, 0.3) is 11.2 Å². The number of nitrogens with one attached hydrogen (secondary N) is 2. The quantitative estimate of drug-likeness (QED) is 0.747. The van der Waals surface area contributed by atoms with Crippen LogP contribution in [0.4, 0.5) is 5.82 Å². The van der Waals surface area contributed by atoms with Gasteiger partial charge in [0.2, 0.25) is 0 Å². The van der Waals surface area contributed by atoms with E-state index in [-0.39, 0.29) is 5.54 Å². The summed E-state index contributed by atoms with van der Waals surface area (Å²) in [4.78, 5) is 15.4. The predicted molar refractivity (Wildman–Crippen MR) is 52.9 cm³/mol. The maximum atomic E-state index is 4.21. The number of hydrogen-bond acceptors (Lipinski definition) is 4. The van der Waals surface area contributed by atoms with Gasteiger partial charge in [0.15, 0.2) is 11.5 Å². The fourth-order valence-electron chi connectivity index (χ4n) is 1.46. The van der Waals surface area contributed by atoms with E-state index in [1.165, 1.54) is 19.2 Å². The van der Waals surface area contributed by atoms with Crippen LogP contribution in [0.1, 0.15) is 19.8 Å². The van der Waals surface area contributed by atoms with Crippen LogP contribution in [0.15, 0.2) is 12.7 Å². The van der Waals surface area contributed by atoms with Gasteiger partial charge < -0.3 is 10.3 Å². The number of fused-ring (bicyclic) bond motifs is 1. The van der Waals surface area contributed by atoms with Gasteiger partial charge in [-0.3, -0.25) is 0 Å². The van der Waals surface area contributed by atoms with Crippen molar-refractivity contribution in [3.63, 3.8) is 0 Å². The average Bonchev–Trinajstić information content (AvgIpc) is 2.73. The Morgan fingerprint density at radius 2 is 2.21 bits per heavy atom. The second kappa shape index (κ2) is 2.43. The molecule has 1 fully saturated rings. The zero-order valence-corrected chi connectivity index (χ0v) is 7.91. The molecular weight excluding hydrogens is 178 g/mol. The van der Waals surface area contributed by atoms with Crippen molar-refractivity contribution in [1.29, 1.82) is 0 Å². The number of nitrogens with zero attached hydrogens (tertiary/aromatic N) is 3. The van der Waals surface area contributed by atoms with Gasteiger partial charge in [0.05, 0.1) is 6.33 Å². The number of imidazole rings is 1. The van der Waals surface area contributed by atoms with Gasteiger partial charge in [0, 0.05) is 5.54 Å². The lowest BCUT2D eigenvalue weighted by Crippen LogP contribution is -2.17. The average molecular weight is 189 g/mol. The molecule has 1 saturated carbocycles.